The van der Waals surface area contributed by atoms with Gasteiger partial charge in [-0.05, 0) is 73.5 Å². The summed E-state index contributed by atoms with van der Waals surface area (Å²) in [5.41, 5.74) is 4.81. The molecule has 1 aliphatic heterocycles. The summed E-state index contributed by atoms with van der Waals surface area (Å²) in [6, 6.07) is 25.3. The maximum absolute atomic E-state index is 14.3. The van der Waals surface area contributed by atoms with Crippen LogP contribution in [0.3, 0.4) is 0 Å². The number of fused-ring (bicyclic) bond motifs is 2. The highest BCUT2D eigenvalue weighted by atomic mass is 19.1. The van der Waals surface area contributed by atoms with E-state index in [4.69, 9.17) is 9.47 Å². The number of hydrogen-bond donors (Lipinski definition) is 1. The maximum Gasteiger partial charge on any atom is 0.338 e. The van der Waals surface area contributed by atoms with Gasteiger partial charge in [0.1, 0.15) is 17.7 Å². The van der Waals surface area contributed by atoms with Crippen molar-refractivity contribution in [2.45, 2.75) is 44.8 Å². The third-order valence-corrected chi connectivity index (χ3v) is 7.44. The van der Waals surface area contributed by atoms with E-state index in [0.29, 0.717) is 10.9 Å². The number of methoxy groups -OCH3 is 1. The SMILES string of the molecule is COC(=O)c1cc([C@@H]2C[C@H](CCNC(C)c3ccc(F)c4ccccc34)Oc3ccccc32)ccc1C. The number of benzene rings is 4. The molecule has 4 nitrogen and oxygen atoms in total. The van der Waals surface area contributed by atoms with E-state index in [1.54, 1.807) is 6.07 Å². The Morgan fingerprint density at radius 2 is 1.81 bits per heavy atom. The number of hydrogen-bond acceptors (Lipinski definition) is 4. The fraction of sp³-hybridized carbons (Fsp3) is 0.281. The van der Waals surface area contributed by atoms with Crippen LogP contribution in [0.1, 0.15) is 64.3 Å². The van der Waals surface area contributed by atoms with Gasteiger partial charge in [-0.1, -0.05) is 60.7 Å². The minimum atomic E-state index is -0.317. The number of carbonyl (C=O) groups excluding carboxylic acids is 1. The minimum absolute atomic E-state index is 0.0208. The molecule has 0 fully saturated rings. The molecule has 1 aliphatic rings. The van der Waals surface area contributed by atoms with Crippen LogP contribution < -0.4 is 10.1 Å². The van der Waals surface area contributed by atoms with E-state index in [1.165, 1.54) is 7.11 Å². The first-order valence-electron chi connectivity index (χ1n) is 12.8. The van der Waals surface area contributed by atoms with E-state index in [1.807, 2.05) is 67.6 Å². The lowest BCUT2D eigenvalue weighted by Crippen LogP contribution is -2.31. The van der Waals surface area contributed by atoms with Crippen LogP contribution in [0.4, 0.5) is 4.39 Å². The molecule has 1 N–H and O–H groups in total. The van der Waals surface area contributed by atoms with Crippen LogP contribution in [0.25, 0.3) is 10.8 Å². The van der Waals surface area contributed by atoms with E-state index < -0.39 is 0 Å². The van der Waals surface area contributed by atoms with Crippen LogP contribution >= 0.6 is 0 Å². The van der Waals surface area contributed by atoms with Crippen molar-refractivity contribution in [3.05, 3.63) is 112 Å². The summed E-state index contributed by atoms with van der Waals surface area (Å²) in [5, 5.41) is 5.19. The number of halogens is 1. The molecule has 0 saturated heterocycles. The van der Waals surface area contributed by atoms with E-state index in [9.17, 15) is 9.18 Å². The van der Waals surface area contributed by atoms with Crippen molar-refractivity contribution < 1.29 is 18.7 Å². The summed E-state index contributed by atoms with van der Waals surface area (Å²) < 4.78 is 25.7. The van der Waals surface area contributed by atoms with Crippen molar-refractivity contribution in [2.75, 3.05) is 13.7 Å². The molecule has 0 radical (unpaired) electrons. The predicted octanol–water partition coefficient (Wildman–Crippen LogP) is 7.10. The third-order valence-electron chi connectivity index (χ3n) is 7.44. The zero-order valence-electron chi connectivity index (χ0n) is 21.5. The van der Waals surface area contributed by atoms with Crippen LogP contribution in [0.15, 0.2) is 78.9 Å². The van der Waals surface area contributed by atoms with Gasteiger partial charge in [-0.15, -0.1) is 0 Å². The average molecular weight is 498 g/mol. The molecule has 37 heavy (non-hydrogen) atoms. The largest absolute Gasteiger partial charge is 0.490 e. The molecule has 5 heteroatoms. The van der Waals surface area contributed by atoms with Gasteiger partial charge in [0.25, 0.3) is 0 Å². The van der Waals surface area contributed by atoms with Gasteiger partial charge in [0, 0.05) is 22.9 Å². The maximum atomic E-state index is 14.3. The smallest absolute Gasteiger partial charge is 0.338 e. The normalized spacial score (nSPS) is 17.6. The minimum Gasteiger partial charge on any atom is -0.490 e. The molecule has 0 aliphatic carbocycles. The number of rotatable bonds is 7. The Morgan fingerprint density at radius 1 is 1.05 bits per heavy atom. The van der Waals surface area contributed by atoms with Gasteiger partial charge in [-0.3, -0.25) is 0 Å². The van der Waals surface area contributed by atoms with E-state index in [2.05, 4.69) is 24.4 Å². The van der Waals surface area contributed by atoms with Crippen molar-refractivity contribution >= 4 is 16.7 Å². The molecule has 0 spiro atoms. The number of nitrogens with one attached hydrogen (secondary N) is 1. The summed E-state index contributed by atoms with van der Waals surface area (Å²) in [7, 11) is 1.41. The number of carbonyl (C=O) groups is 1. The van der Waals surface area contributed by atoms with Gasteiger partial charge in [-0.2, -0.15) is 0 Å². The summed E-state index contributed by atoms with van der Waals surface area (Å²) in [5.74, 6) is 0.500. The Kier molecular flexibility index (Phi) is 7.24. The first-order valence-corrected chi connectivity index (χ1v) is 12.8. The number of aryl methyl sites for hydroxylation is 1. The number of para-hydroxylation sites is 1. The Balaban J connectivity index is 1.32. The van der Waals surface area contributed by atoms with Crippen LogP contribution in [0, 0.1) is 12.7 Å². The first-order chi connectivity index (χ1) is 18.0. The first kappa shape index (κ1) is 25.0. The van der Waals surface area contributed by atoms with Crippen LogP contribution in [0.2, 0.25) is 0 Å². The molecule has 0 aromatic heterocycles. The molecular formula is C32H32FNO3. The highest BCUT2D eigenvalue weighted by Crippen LogP contribution is 2.41. The Hall–Kier alpha value is -3.70. The predicted molar refractivity (Wildman–Crippen MR) is 145 cm³/mol. The van der Waals surface area contributed by atoms with Gasteiger partial charge >= 0.3 is 5.97 Å². The molecule has 1 unspecified atom stereocenters. The Bertz CT molecular complexity index is 1430. The van der Waals surface area contributed by atoms with Gasteiger partial charge in [-0.25, -0.2) is 9.18 Å². The summed E-state index contributed by atoms with van der Waals surface area (Å²) >= 11 is 0. The zero-order valence-corrected chi connectivity index (χ0v) is 21.5. The van der Waals surface area contributed by atoms with Crippen molar-refractivity contribution in [1.29, 1.82) is 0 Å². The molecule has 0 amide bonds. The summed E-state index contributed by atoms with van der Waals surface area (Å²) in [4.78, 5) is 12.3. The van der Waals surface area contributed by atoms with Gasteiger partial charge in [0.05, 0.1) is 12.7 Å². The van der Waals surface area contributed by atoms with Crippen LogP contribution in [0.5, 0.6) is 5.75 Å². The van der Waals surface area contributed by atoms with E-state index >= 15 is 0 Å². The highest BCUT2D eigenvalue weighted by molar-refractivity contribution is 5.91. The monoisotopic (exact) mass is 497 g/mol. The molecule has 0 saturated carbocycles. The second-order valence-electron chi connectivity index (χ2n) is 9.78. The lowest BCUT2D eigenvalue weighted by atomic mass is 9.82. The van der Waals surface area contributed by atoms with E-state index in [-0.39, 0.29) is 29.9 Å². The molecule has 5 rings (SSSR count). The molecule has 4 aromatic carbocycles. The van der Waals surface area contributed by atoms with Crippen molar-refractivity contribution in [3.63, 3.8) is 0 Å². The van der Waals surface area contributed by atoms with Crippen LogP contribution in [-0.2, 0) is 4.74 Å². The highest BCUT2D eigenvalue weighted by Gasteiger charge is 2.30. The second-order valence-corrected chi connectivity index (χ2v) is 9.78. The molecule has 0 bridgehead atoms. The average Bonchev–Trinajstić information content (AvgIpc) is 2.93. The van der Waals surface area contributed by atoms with Crippen molar-refractivity contribution in [3.8, 4) is 5.75 Å². The van der Waals surface area contributed by atoms with Crippen LogP contribution in [-0.4, -0.2) is 25.7 Å². The quantitative estimate of drug-likeness (QED) is 0.277. The zero-order chi connectivity index (χ0) is 25.9. The van der Waals surface area contributed by atoms with Gasteiger partial charge in [0.2, 0.25) is 0 Å². The molecule has 190 valence electrons. The molecular weight excluding hydrogens is 465 g/mol. The van der Waals surface area contributed by atoms with E-state index in [0.717, 1.165) is 52.8 Å². The standard InChI is InChI=1S/C32H32FNO3/c1-20-12-13-22(18-28(20)32(35)36-3)29-19-23(37-31-11-7-6-10-27(29)31)16-17-34-21(2)24-14-15-30(33)26-9-5-4-8-25(24)26/h4-15,18,21,23,29,34H,16-17,19H2,1-3H3/t21?,23-,29-/m0/s1. The van der Waals surface area contributed by atoms with Crippen molar-refractivity contribution in [1.82, 2.24) is 5.32 Å². The lowest BCUT2D eigenvalue weighted by molar-refractivity contribution is 0.0599. The summed E-state index contributed by atoms with van der Waals surface area (Å²) in [6.07, 6.45) is 1.66. The topological polar surface area (TPSA) is 47.6 Å². The Morgan fingerprint density at radius 3 is 2.62 bits per heavy atom. The molecule has 3 atom stereocenters. The molecule has 4 aromatic rings. The fourth-order valence-corrected chi connectivity index (χ4v) is 5.41. The van der Waals surface area contributed by atoms with Gasteiger partial charge < -0.3 is 14.8 Å². The fourth-order valence-electron chi connectivity index (χ4n) is 5.41. The van der Waals surface area contributed by atoms with Crippen molar-refractivity contribution in [2.24, 2.45) is 0 Å². The lowest BCUT2D eigenvalue weighted by Gasteiger charge is -2.33. The summed E-state index contributed by atoms with van der Waals surface area (Å²) in [6.45, 7) is 4.79. The van der Waals surface area contributed by atoms with Gasteiger partial charge in [0.15, 0.2) is 0 Å². The Labute approximate surface area is 217 Å². The number of esters is 1. The third kappa shape index (κ3) is 5.09. The molecule has 1 heterocycles. The number of ether oxygens (including phenoxy) is 2. The second kappa shape index (κ2) is 10.7.